The van der Waals surface area contributed by atoms with Crippen LogP contribution in [0.25, 0.3) is 0 Å². The zero-order valence-electron chi connectivity index (χ0n) is 11.6. The third-order valence-electron chi connectivity index (χ3n) is 3.67. The molecule has 2 N–H and O–H groups in total. The maximum Gasteiger partial charge on any atom is 0.223 e. The van der Waals surface area contributed by atoms with Gasteiger partial charge in [-0.15, -0.1) is 0 Å². The quantitative estimate of drug-likeness (QED) is 0.820. The zero-order valence-corrected chi connectivity index (χ0v) is 12.3. The number of hydrogen-bond donors (Lipinski definition) is 2. The Kier molecular flexibility index (Phi) is 5.21. The minimum absolute atomic E-state index is 0.0261. The summed E-state index contributed by atoms with van der Waals surface area (Å²) in [6.45, 7) is 2.04. The summed E-state index contributed by atoms with van der Waals surface area (Å²) in [4.78, 5) is 12.2. The lowest BCUT2D eigenvalue weighted by Crippen LogP contribution is -2.37. The van der Waals surface area contributed by atoms with Gasteiger partial charge in [0.25, 0.3) is 0 Å². The normalized spacial score (nSPS) is 22.8. The van der Waals surface area contributed by atoms with Gasteiger partial charge in [-0.05, 0) is 24.5 Å². The average molecular weight is 294 g/mol. The van der Waals surface area contributed by atoms with E-state index >= 15 is 0 Å². The van der Waals surface area contributed by atoms with Crippen LogP contribution in [0.3, 0.4) is 0 Å². The number of benzene rings is 1. The maximum absolute atomic E-state index is 12.2. The van der Waals surface area contributed by atoms with Gasteiger partial charge >= 0.3 is 0 Å². The number of halogens is 1. The van der Waals surface area contributed by atoms with Crippen LogP contribution in [0.1, 0.15) is 18.9 Å². The molecule has 1 aliphatic carbocycles. The number of aliphatic hydroxyl groups is 1. The van der Waals surface area contributed by atoms with E-state index in [1.807, 2.05) is 43.3 Å². The van der Waals surface area contributed by atoms with Crippen LogP contribution in [0.5, 0.6) is 0 Å². The van der Waals surface area contributed by atoms with Crippen LogP contribution in [-0.4, -0.2) is 23.7 Å². The number of carbonyl (C=O) groups excluding carboxylic acids is 1. The summed E-state index contributed by atoms with van der Waals surface area (Å²) in [6.07, 6.45) is 5.33. The van der Waals surface area contributed by atoms with E-state index in [4.69, 9.17) is 16.7 Å². The maximum atomic E-state index is 12.2. The van der Waals surface area contributed by atoms with Crippen molar-refractivity contribution >= 4 is 17.5 Å². The van der Waals surface area contributed by atoms with Crippen molar-refractivity contribution in [2.75, 3.05) is 6.61 Å². The van der Waals surface area contributed by atoms with Crippen molar-refractivity contribution in [2.24, 2.45) is 11.8 Å². The van der Waals surface area contributed by atoms with Gasteiger partial charge in [0.1, 0.15) is 0 Å². The Morgan fingerprint density at radius 2 is 2.20 bits per heavy atom. The first-order valence-electron chi connectivity index (χ1n) is 6.93. The van der Waals surface area contributed by atoms with Crippen LogP contribution < -0.4 is 5.32 Å². The predicted octanol–water partition coefficient (Wildman–Crippen LogP) is 2.57. The summed E-state index contributed by atoms with van der Waals surface area (Å²) in [5.41, 5.74) is 0.993. The Morgan fingerprint density at radius 3 is 2.85 bits per heavy atom. The molecule has 1 amide bonds. The van der Waals surface area contributed by atoms with Crippen molar-refractivity contribution in [2.45, 2.75) is 25.8 Å². The summed E-state index contributed by atoms with van der Waals surface area (Å²) in [5, 5.41) is 12.8. The van der Waals surface area contributed by atoms with Crippen molar-refractivity contribution < 1.29 is 9.90 Å². The molecule has 1 aromatic carbocycles. The topological polar surface area (TPSA) is 49.3 Å². The monoisotopic (exact) mass is 293 g/mol. The van der Waals surface area contributed by atoms with Gasteiger partial charge in [0, 0.05) is 29.5 Å². The fourth-order valence-corrected chi connectivity index (χ4v) is 2.64. The molecule has 0 radical (unpaired) electrons. The molecule has 3 nitrogen and oxygen atoms in total. The smallest absolute Gasteiger partial charge is 0.223 e. The van der Waals surface area contributed by atoms with Crippen LogP contribution in [0.15, 0.2) is 36.4 Å². The summed E-state index contributed by atoms with van der Waals surface area (Å²) in [5.74, 6) is 0.0637. The lowest BCUT2D eigenvalue weighted by atomic mass is 9.99. The zero-order chi connectivity index (χ0) is 14.5. The molecule has 1 aromatic rings. The molecule has 0 saturated heterocycles. The van der Waals surface area contributed by atoms with Crippen molar-refractivity contribution in [3.05, 3.63) is 47.0 Å². The Labute approximate surface area is 124 Å². The van der Waals surface area contributed by atoms with E-state index in [2.05, 4.69) is 5.32 Å². The molecular formula is C16H20ClNO2. The van der Waals surface area contributed by atoms with Gasteiger partial charge < -0.3 is 10.4 Å². The van der Waals surface area contributed by atoms with E-state index < -0.39 is 0 Å². The first kappa shape index (κ1) is 15.1. The molecule has 0 heterocycles. The Morgan fingerprint density at radius 1 is 1.45 bits per heavy atom. The highest BCUT2D eigenvalue weighted by Crippen LogP contribution is 2.20. The molecule has 0 aliphatic heterocycles. The Bertz CT molecular complexity index is 501. The molecule has 0 aromatic heterocycles. The SMILES string of the molecule is CC(Cc1ccccc1Cl)C(=O)N[C@@H]1C=C[C@H](CO)C1. The fraction of sp³-hybridized carbons (Fsp3) is 0.438. The predicted molar refractivity (Wildman–Crippen MR) is 80.6 cm³/mol. The second-order valence-corrected chi connectivity index (χ2v) is 5.78. The van der Waals surface area contributed by atoms with Gasteiger partial charge in [-0.2, -0.15) is 0 Å². The molecule has 2 rings (SSSR count). The largest absolute Gasteiger partial charge is 0.396 e. The first-order chi connectivity index (χ1) is 9.60. The minimum atomic E-state index is -0.128. The number of rotatable bonds is 5. The number of nitrogens with one attached hydrogen (secondary N) is 1. The van der Waals surface area contributed by atoms with E-state index in [1.54, 1.807) is 0 Å². The molecule has 0 fully saturated rings. The van der Waals surface area contributed by atoms with Gasteiger partial charge in [-0.25, -0.2) is 0 Å². The van der Waals surface area contributed by atoms with Gasteiger partial charge in [0.2, 0.25) is 5.91 Å². The molecule has 3 atom stereocenters. The van der Waals surface area contributed by atoms with Crippen LogP contribution in [0, 0.1) is 11.8 Å². The lowest BCUT2D eigenvalue weighted by molar-refractivity contribution is -0.124. The number of amides is 1. The van der Waals surface area contributed by atoms with Crippen molar-refractivity contribution in [3.8, 4) is 0 Å². The minimum Gasteiger partial charge on any atom is -0.396 e. The van der Waals surface area contributed by atoms with Crippen LogP contribution in [0.4, 0.5) is 0 Å². The molecule has 108 valence electrons. The number of aliphatic hydroxyl groups excluding tert-OH is 1. The summed E-state index contributed by atoms with van der Waals surface area (Å²) in [7, 11) is 0. The number of hydrogen-bond acceptors (Lipinski definition) is 2. The van der Waals surface area contributed by atoms with E-state index in [0.717, 1.165) is 12.0 Å². The summed E-state index contributed by atoms with van der Waals surface area (Å²) >= 11 is 6.11. The van der Waals surface area contributed by atoms with E-state index in [1.165, 1.54) is 0 Å². The van der Waals surface area contributed by atoms with Gasteiger partial charge in [-0.1, -0.05) is 48.9 Å². The highest BCUT2D eigenvalue weighted by Gasteiger charge is 2.22. The molecule has 1 unspecified atom stereocenters. The second-order valence-electron chi connectivity index (χ2n) is 5.37. The Balaban J connectivity index is 1.87. The third-order valence-corrected chi connectivity index (χ3v) is 4.03. The molecule has 1 aliphatic rings. The third kappa shape index (κ3) is 3.84. The van der Waals surface area contributed by atoms with Crippen molar-refractivity contribution in [1.29, 1.82) is 0 Å². The van der Waals surface area contributed by atoms with E-state index in [-0.39, 0.29) is 30.4 Å². The second kappa shape index (κ2) is 6.91. The molecule has 4 heteroatoms. The van der Waals surface area contributed by atoms with Gasteiger partial charge in [-0.3, -0.25) is 4.79 Å². The van der Waals surface area contributed by atoms with Gasteiger partial charge in [0.05, 0.1) is 0 Å². The summed E-state index contributed by atoms with van der Waals surface area (Å²) < 4.78 is 0. The van der Waals surface area contributed by atoms with E-state index in [9.17, 15) is 4.79 Å². The van der Waals surface area contributed by atoms with Gasteiger partial charge in [0.15, 0.2) is 0 Å². The molecular weight excluding hydrogens is 274 g/mol. The fourth-order valence-electron chi connectivity index (χ4n) is 2.43. The van der Waals surface area contributed by atoms with Crippen molar-refractivity contribution in [3.63, 3.8) is 0 Å². The average Bonchev–Trinajstić information content (AvgIpc) is 2.89. The Hall–Kier alpha value is -1.32. The van der Waals surface area contributed by atoms with Crippen LogP contribution in [0.2, 0.25) is 5.02 Å². The van der Waals surface area contributed by atoms with Crippen molar-refractivity contribution in [1.82, 2.24) is 5.32 Å². The van der Waals surface area contributed by atoms with Crippen LogP contribution >= 0.6 is 11.6 Å². The number of carbonyl (C=O) groups is 1. The summed E-state index contributed by atoms with van der Waals surface area (Å²) in [6, 6.07) is 7.64. The van der Waals surface area contributed by atoms with E-state index in [0.29, 0.717) is 11.4 Å². The highest BCUT2D eigenvalue weighted by molar-refractivity contribution is 6.31. The highest BCUT2D eigenvalue weighted by atomic mass is 35.5. The first-order valence-corrected chi connectivity index (χ1v) is 7.31. The molecule has 0 spiro atoms. The lowest BCUT2D eigenvalue weighted by Gasteiger charge is -2.17. The molecule has 0 saturated carbocycles. The molecule has 0 bridgehead atoms. The van der Waals surface area contributed by atoms with Crippen LogP contribution in [-0.2, 0) is 11.2 Å². The molecule has 20 heavy (non-hydrogen) atoms. The standard InChI is InChI=1S/C16H20ClNO2/c1-11(8-13-4-2-3-5-15(13)17)16(20)18-14-7-6-12(9-14)10-19/h2-7,11-12,14,19H,8-10H2,1H3,(H,18,20)/t11?,12-,14+/m0/s1.